The standard InChI is InChI=1S/C24H17IO2S/c25-22-16-15-21(28-22)23-26-20-14-8-7-13-19(20)24(27-23,17-9-3-1-4-10-17)18-11-5-2-6-12-18/h1-16,23H. The molecule has 1 aromatic heterocycles. The molecular weight excluding hydrogens is 479 g/mol. The van der Waals surface area contributed by atoms with Gasteiger partial charge in [-0.2, -0.15) is 0 Å². The van der Waals surface area contributed by atoms with Crippen LogP contribution in [0.3, 0.4) is 0 Å². The number of hydrogen-bond acceptors (Lipinski definition) is 3. The lowest BCUT2D eigenvalue weighted by molar-refractivity contribution is -0.165. The highest BCUT2D eigenvalue weighted by molar-refractivity contribution is 14.1. The molecule has 4 heteroatoms. The van der Waals surface area contributed by atoms with Crippen molar-refractivity contribution < 1.29 is 9.47 Å². The summed E-state index contributed by atoms with van der Waals surface area (Å²) in [5.74, 6) is 0.856. The third-order valence-electron chi connectivity index (χ3n) is 4.97. The second-order valence-electron chi connectivity index (χ2n) is 6.62. The molecule has 0 saturated carbocycles. The Morgan fingerprint density at radius 1 is 0.714 bits per heavy atom. The molecule has 0 radical (unpaired) electrons. The molecule has 2 nitrogen and oxygen atoms in total. The summed E-state index contributed by atoms with van der Waals surface area (Å²) in [7, 11) is 0. The number of rotatable bonds is 3. The number of hydrogen-bond donors (Lipinski definition) is 0. The number of thiophene rings is 1. The summed E-state index contributed by atoms with van der Waals surface area (Å²) >= 11 is 4.03. The van der Waals surface area contributed by atoms with Gasteiger partial charge in [0.1, 0.15) is 5.75 Å². The Balaban J connectivity index is 1.78. The average Bonchev–Trinajstić information content (AvgIpc) is 3.20. The zero-order valence-corrected chi connectivity index (χ0v) is 17.9. The van der Waals surface area contributed by atoms with E-state index in [2.05, 4.69) is 89.3 Å². The molecule has 138 valence electrons. The van der Waals surface area contributed by atoms with Gasteiger partial charge >= 0.3 is 0 Å². The van der Waals surface area contributed by atoms with E-state index in [0.717, 1.165) is 27.3 Å². The number of halogens is 1. The van der Waals surface area contributed by atoms with Crippen molar-refractivity contribution in [1.82, 2.24) is 0 Å². The number of benzene rings is 3. The molecular formula is C24H17IO2S. The Bertz CT molecular complexity index is 1050. The van der Waals surface area contributed by atoms with E-state index in [1.807, 2.05) is 30.3 Å². The first-order valence-electron chi connectivity index (χ1n) is 9.07. The molecule has 0 saturated heterocycles. The van der Waals surface area contributed by atoms with Crippen LogP contribution in [0.5, 0.6) is 5.75 Å². The van der Waals surface area contributed by atoms with Crippen molar-refractivity contribution in [3.63, 3.8) is 0 Å². The fourth-order valence-corrected chi connectivity index (χ4v) is 5.39. The van der Waals surface area contributed by atoms with Crippen LogP contribution in [0.25, 0.3) is 0 Å². The fraction of sp³-hybridized carbons (Fsp3) is 0.0833. The van der Waals surface area contributed by atoms with Gasteiger partial charge in [0.15, 0.2) is 5.60 Å². The molecule has 0 aliphatic carbocycles. The van der Waals surface area contributed by atoms with Crippen molar-refractivity contribution in [1.29, 1.82) is 0 Å². The first kappa shape index (κ1) is 17.9. The molecule has 1 aliphatic heterocycles. The Labute approximate surface area is 181 Å². The maximum absolute atomic E-state index is 6.86. The Morgan fingerprint density at radius 2 is 1.32 bits per heavy atom. The lowest BCUT2D eigenvalue weighted by Gasteiger charge is -2.43. The molecule has 4 aromatic rings. The van der Waals surface area contributed by atoms with Crippen LogP contribution >= 0.6 is 33.9 Å². The first-order valence-corrected chi connectivity index (χ1v) is 11.0. The quantitative estimate of drug-likeness (QED) is 0.292. The van der Waals surface area contributed by atoms with Gasteiger partial charge in [0.2, 0.25) is 6.29 Å². The van der Waals surface area contributed by atoms with Gasteiger partial charge in [0.25, 0.3) is 0 Å². The van der Waals surface area contributed by atoms with Crippen molar-refractivity contribution in [2.75, 3.05) is 0 Å². The normalized spacial score (nSPS) is 17.5. The largest absolute Gasteiger partial charge is 0.459 e. The second-order valence-corrected chi connectivity index (χ2v) is 9.63. The minimum Gasteiger partial charge on any atom is -0.459 e. The van der Waals surface area contributed by atoms with E-state index in [4.69, 9.17) is 9.47 Å². The lowest BCUT2D eigenvalue weighted by Crippen LogP contribution is -2.39. The second kappa shape index (κ2) is 7.35. The van der Waals surface area contributed by atoms with Gasteiger partial charge in [-0.15, -0.1) is 11.3 Å². The minimum absolute atomic E-state index is 0.469. The van der Waals surface area contributed by atoms with Crippen molar-refractivity contribution in [2.24, 2.45) is 0 Å². The molecule has 0 amide bonds. The first-order chi connectivity index (χ1) is 13.8. The van der Waals surface area contributed by atoms with Crippen LogP contribution in [-0.4, -0.2) is 0 Å². The predicted octanol–water partition coefficient (Wildman–Crippen LogP) is 6.75. The summed E-state index contributed by atoms with van der Waals surface area (Å²) in [6, 6.07) is 33.2. The molecule has 0 fully saturated rings. The molecule has 3 aromatic carbocycles. The van der Waals surface area contributed by atoms with Crippen molar-refractivity contribution in [2.45, 2.75) is 11.9 Å². The summed E-state index contributed by atoms with van der Waals surface area (Å²) < 4.78 is 14.4. The summed E-state index contributed by atoms with van der Waals surface area (Å²) in [5.41, 5.74) is 2.47. The maximum Gasteiger partial charge on any atom is 0.237 e. The average molecular weight is 496 g/mol. The summed E-state index contributed by atoms with van der Waals surface area (Å²) in [6.45, 7) is 0. The number of ether oxygens (including phenoxy) is 2. The Kier molecular flexibility index (Phi) is 4.70. The highest BCUT2D eigenvalue weighted by Gasteiger charge is 2.46. The third-order valence-corrected chi connectivity index (χ3v) is 6.89. The van der Waals surface area contributed by atoms with Crippen molar-refractivity contribution in [3.8, 4) is 5.75 Å². The number of fused-ring (bicyclic) bond motifs is 1. The molecule has 1 atom stereocenters. The van der Waals surface area contributed by atoms with Crippen LogP contribution in [0, 0.1) is 2.88 Å². The molecule has 28 heavy (non-hydrogen) atoms. The fourth-order valence-electron chi connectivity index (χ4n) is 3.75. The van der Waals surface area contributed by atoms with E-state index >= 15 is 0 Å². The molecule has 5 rings (SSSR count). The smallest absolute Gasteiger partial charge is 0.237 e. The van der Waals surface area contributed by atoms with Gasteiger partial charge < -0.3 is 9.47 Å². The molecule has 0 spiro atoms. The van der Waals surface area contributed by atoms with E-state index in [9.17, 15) is 0 Å². The highest BCUT2D eigenvalue weighted by Crippen LogP contribution is 2.51. The topological polar surface area (TPSA) is 18.5 Å². The summed E-state index contributed by atoms with van der Waals surface area (Å²) in [5, 5.41) is 0. The van der Waals surface area contributed by atoms with Gasteiger partial charge in [0, 0.05) is 5.56 Å². The van der Waals surface area contributed by atoms with Crippen LogP contribution in [0.2, 0.25) is 0 Å². The SMILES string of the molecule is Ic1ccc(C2Oc3ccccc3C(c3ccccc3)(c3ccccc3)O2)s1. The van der Waals surface area contributed by atoms with Gasteiger partial charge in [-0.25, -0.2) is 0 Å². The number of para-hydroxylation sites is 1. The minimum atomic E-state index is -0.739. The van der Waals surface area contributed by atoms with Crippen LogP contribution in [0.15, 0.2) is 97.1 Å². The lowest BCUT2D eigenvalue weighted by atomic mass is 9.79. The van der Waals surface area contributed by atoms with Gasteiger partial charge in [-0.05, 0) is 51.9 Å². The monoisotopic (exact) mass is 496 g/mol. The van der Waals surface area contributed by atoms with Gasteiger partial charge in [-0.1, -0.05) is 78.9 Å². The molecule has 1 aliphatic rings. The van der Waals surface area contributed by atoms with E-state index in [1.54, 1.807) is 11.3 Å². The summed E-state index contributed by atoms with van der Waals surface area (Å²) in [6.07, 6.45) is -0.469. The van der Waals surface area contributed by atoms with Gasteiger partial charge in [0.05, 0.1) is 7.76 Å². The third kappa shape index (κ3) is 2.96. The van der Waals surface area contributed by atoms with Gasteiger partial charge in [-0.3, -0.25) is 0 Å². The highest BCUT2D eigenvalue weighted by atomic mass is 127. The van der Waals surface area contributed by atoms with Crippen LogP contribution < -0.4 is 4.74 Å². The summed E-state index contributed by atoms with van der Waals surface area (Å²) in [4.78, 5) is 1.06. The molecule has 0 N–H and O–H groups in total. The van der Waals surface area contributed by atoms with Crippen LogP contribution in [0.1, 0.15) is 27.9 Å². The van der Waals surface area contributed by atoms with E-state index in [1.165, 1.54) is 2.88 Å². The predicted molar refractivity (Wildman–Crippen MR) is 121 cm³/mol. The van der Waals surface area contributed by atoms with Crippen LogP contribution in [-0.2, 0) is 10.3 Å². The molecule has 0 bridgehead atoms. The van der Waals surface area contributed by atoms with Crippen LogP contribution in [0.4, 0.5) is 0 Å². The Morgan fingerprint density at radius 3 is 1.93 bits per heavy atom. The molecule has 2 heterocycles. The maximum atomic E-state index is 6.86. The molecule has 1 unspecified atom stereocenters. The zero-order valence-electron chi connectivity index (χ0n) is 14.9. The van der Waals surface area contributed by atoms with Crippen molar-refractivity contribution >= 4 is 33.9 Å². The van der Waals surface area contributed by atoms with E-state index < -0.39 is 11.9 Å². The van der Waals surface area contributed by atoms with E-state index in [-0.39, 0.29) is 0 Å². The van der Waals surface area contributed by atoms with E-state index in [0.29, 0.717) is 0 Å². The zero-order chi connectivity index (χ0) is 19.0. The Hall–Kier alpha value is -2.15. The van der Waals surface area contributed by atoms with Crippen molar-refractivity contribution in [3.05, 3.63) is 122 Å².